The molecule has 1 aromatic rings. The maximum Gasteiger partial charge on any atom is 0.238 e. The van der Waals surface area contributed by atoms with Crippen molar-refractivity contribution >= 4 is 5.69 Å². The van der Waals surface area contributed by atoms with Crippen molar-refractivity contribution in [3.63, 3.8) is 0 Å². The summed E-state index contributed by atoms with van der Waals surface area (Å²) < 4.78 is 23.7. The Labute approximate surface area is 89.3 Å². The molecule has 0 fully saturated rings. The van der Waals surface area contributed by atoms with E-state index in [-0.39, 0.29) is 6.42 Å². The summed E-state index contributed by atoms with van der Waals surface area (Å²) in [5, 5.41) is 0. The van der Waals surface area contributed by atoms with Gasteiger partial charge in [0.05, 0.1) is 0 Å². The molecule has 84 valence electrons. The van der Waals surface area contributed by atoms with Crippen LogP contribution in [0.25, 0.3) is 0 Å². The zero-order valence-corrected chi connectivity index (χ0v) is 8.76. The molecule has 0 aromatic heterocycles. The van der Waals surface area contributed by atoms with E-state index in [2.05, 4.69) is 0 Å². The largest absolute Gasteiger partial charge is 0.399 e. The summed E-state index contributed by atoms with van der Waals surface area (Å²) in [6.07, 6.45) is 1.12. The van der Waals surface area contributed by atoms with E-state index < -0.39 is 6.43 Å². The molecule has 3 heteroatoms. The Bertz CT molecular complexity index is 287. The molecule has 0 atom stereocenters. The maximum atomic E-state index is 11.8. The summed E-state index contributed by atoms with van der Waals surface area (Å²) >= 11 is 0. The van der Waals surface area contributed by atoms with Gasteiger partial charge in [-0.25, -0.2) is 8.78 Å². The number of unbranched alkanes of at least 4 members (excludes halogenated alkanes) is 2. The third-order valence-electron chi connectivity index (χ3n) is 2.42. The molecule has 1 aromatic carbocycles. The molecule has 1 nitrogen and oxygen atoms in total. The second kappa shape index (κ2) is 6.38. The van der Waals surface area contributed by atoms with E-state index in [9.17, 15) is 8.78 Å². The number of nitrogens with two attached hydrogens (primary N) is 1. The molecule has 0 unspecified atom stereocenters. The average Bonchev–Trinajstić information content (AvgIpc) is 2.20. The molecule has 0 aliphatic heterocycles. The summed E-state index contributed by atoms with van der Waals surface area (Å²) in [6.45, 7) is 0. The van der Waals surface area contributed by atoms with Gasteiger partial charge in [0, 0.05) is 12.1 Å². The monoisotopic (exact) mass is 213 g/mol. The Kier molecular flexibility index (Phi) is 5.08. The second-order valence-electron chi connectivity index (χ2n) is 3.69. The molecule has 1 rings (SSSR count). The van der Waals surface area contributed by atoms with E-state index in [0.717, 1.165) is 30.5 Å². The molecule has 0 saturated carbocycles. The first-order valence-corrected chi connectivity index (χ1v) is 5.31. The Morgan fingerprint density at radius 2 is 1.80 bits per heavy atom. The third kappa shape index (κ3) is 4.77. The Morgan fingerprint density at radius 3 is 2.47 bits per heavy atom. The molecule has 0 heterocycles. The van der Waals surface area contributed by atoms with Crippen LogP contribution in [-0.2, 0) is 6.42 Å². The van der Waals surface area contributed by atoms with E-state index in [1.54, 1.807) is 0 Å². The fourth-order valence-electron chi connectivity index (χ4n) is 1.55. The lowest BCUT2D eigenvalue weighted by Gasteiger charge is -2.04. The van der Waals surface area contributed by atoms with Crippen LogP contribution in [0.15, 0.2) is 24.3 Å². The van der Waals surface area contributed by atoms with Crippen molar-refractivity contribution < 1.29 is 8.78 Å². The van der Waals surface area contributed by atoms with Crippen molar-refractivity contribution in [3.8, 4) is 0 Å². The predicted octanol–water partition coefficient (Wildman–Crippen LogP) is 3.64. The zero-order valence-electron chi connectivity index (χ0n) is 8.76. The van der Waals surface area contributed by atoms with Crippen LogP contribution in [0, 0.1) is 0 Å². The molecule has 0 amide bonds. The van der Waals surface area contributed by atoms with Crippen LogP contribution in [0.1, 0.15) is 31.2 Å². The topological polar surface area (TPSA) is 26.0 Å². The van der Waals surface area contributed by atoms with Gasteiger partial charge in [0.1, 0.15) is 0 Å². The first kappa shape index (κ1) is 12.0. The smallest absolute Gasteiger partial charge is 0.238 e. The van der Waals surface area contributed by atoms with Gasteiger partial charge in [-0.3, -0.25) is 0 Å². The van der Waals surface area contributed by atoms with E-state index >= 15 is 0 Å². The minimum Gasteiger partial charge on any atom is -0.399 e. The number of para-hydroxylation sites is 1. The van der Waals surface area contributed by atoms with Crippen LogP contribution in [-0.4, -0.2) is 6.43 Å². The van der Waals surface area contributed by atoms with Gasteiger partial charge in [0.15, 0.2) is 0 Å². The molecule has 0 radical (unpaired) electrons. The minimum absolute atomic E-state index is 0.0181. The highest BCUT2D eigenvalue weighted by Crippen LogP contribution is 2.15. The third-order valence-corrected chi connectivity index (χ3v) is 2.42. The van der Waals surface area contributed by atoms with Crippen LogP contribution in [0.5, 0.6) is 0 Å². The van der Waals surface area contributed by atoms with Crippen molar-refractivity contribution in [2.45, 2.75) is 38.5 Å². The Balaban J connectivity index is 2.18. The maximum absolute atomic E-state index is 11.8. The van der Waals surface area contributed by atoms with Gasteiger partial charge in [-0.2, -0.15) is 0 Å². The van der Waals surface area contributed by atoms with Crippen molar-refractivity contribution in [3.05, 3.63) is 29.8 Å². The molecule has 2 N–H and O–H groups in total. The first-order chi connectivity index (χ1) is 7.20. The van der Waals surface area contributed by atoms with E-state index in [1.165, 1.54) is 0 Å². The number of hydrogen-bond donors (Lipinski definition) is 1. The molecule has 0 spiro atoms. The number of aryl methyl sites for hydroxylation is 1. The predicted molar refractivity (Wildman–Crippen MR) is 59.0 cm³/mol. The van der Waals surface area contributed by atoms with Gasteiger partial charge in [-0.15, -0.1) is 0 Å². The molecular formula is C12H17F2N. The first-order valence-electron chi connectivity index (χ1n) is 5.31. The number of nitrogen functional groups attached to an aromatic ring is 1. The number of benzene rings is 1. The molecule has 15 heavy (non-hydrogen) atoms. The van der Waals surface area contributed by atoms with Gasteiger partial charge in [0.25, 0.3) is 0 Å². The van der Waals surface area contributed by atoms with Crippen molar-refractivity contribution in [2.75, 3.05) is 5.73 Å². The summed E-state index contributed by atoms with van der Waals surface area (Å²) in [6, 6.07) is 7.71. The molecule has 0 bridgehead atoms. The number of hydrogen-bond acceptors (Lipinski definition) is 1. The fourth-order valence-corrected chi connectivity index (χ4v) is 1.55. The summed E-state index contributed by atoms with van der Waals surface area (Å²) in [4.78, 5) is 0. The second-order valence-corrected chi connectivity index (χ2v) is 3.69. The van der Waals surface area contributed by atoms with Gasteiger partial charge < -0.3 is 5.73 Å². The van der Waals surface area contributed by atoms with Crippen molar-refractivity contribution in [2.24, 2.45) is 0 Å². The van der Waals surface area contributed by atoms with E-state index in [0.29, 0.717) is 6.42 Å². The average molecular weight is 213 g/mol. The SMILES string of the molecule is Nc1ccccc1CCCCCC(F)F. The van der Waals surface area contributed by atoms with Gasteiger partial charge >= 0.3 is 0 Å². The zero-order chi connectivity index (χ0) is 11.1. The molecule has 0 saturated heterocycles. The van der Waals surface area contributed by atoms with E-state index in [1.807, 2.05) is 24.3 Å². The summed E-state index contributed by atoms with van der Waals surface area (Å²) in [5.74, 6) is 0. The lowest BCUT2D eigenvalue weighted by Crippen LogP contribution is -1.95. The quantitative estimate of drug-likeness (QED) is 0.566. The highest BCUT2D eigenvalue weighted by Gasteiger charge is 2.02. The van der Waals surface area contributed by atoms with Crippen LogP contribution in [0.4, 0.5) is 14.5 Å². The van der Waals surface area contributed by atoms with Gasteiger partial charge in [0.2, 0.25) is 6.43 Å². The molecule has 0 aliphatic rings. The van der Waals surface area contributed by atoms with Crippen LogP contribution >= 0.6 is 0 Å². The van der Waals surface area contributed by atoms with Gasteiger partial charge in [-0.1, -0.05) is 24.6 Å². The number of halogens is 2. The lowest BCUT2D eigenvalue weighted by atomic mass is 10.0. The highest BCUT2D eigenvalue weighted by atomic mass is 19.3. The Morgan fingerprint density at radius 1 is 1.07 bits per heavy atom. The van der Waals surface area contributed by atoms with E-state index in [4.69, 9.17) is 5.73 Å². The fraction of sp³-hybridized carbons (Fsp3) is 0.500. The van der Waals surface area contributed by atoms with Crippen LogP contribution in [0.2, 0.25) is 0 Å². The number of rotatable bonds is 6. The lowest BCUT2D eigenvalue weighted by molar-refractivity contribution is 0.134. The minimum atomic E-state index is -2.16. The Hall–Kier alpha value is -1.12. The van der Waals surface area contributed by atoms with Crippen LogP contribution < -0.4 is 5.73 Å². The summed E-state index contributed by atoms with van der Waals surface area (Å²) in [7, 11) is 0. The highest BCUT2D eigenvalue weighted by molar-refractivity contribution is 5.46. The summed E-state index contributed by atoms with van der Waals surface area (Å²) in [5.41, 5.74) is 7.68. The van der Waals surface area contributed by atoms with Crippen molar-refractivity contribution in [1.82, 2.24) is 0 Å². The molecule has 0 aliphatic carbocycles. The standard InChI is InChI=1S/C12H17F2N/c13-12(14)9-3-1-2-6-10-7-4-5-8-11(10)15/h4-5,7-8,12H,1-3,6,9,15H2. The normalized spacial score (nSPS) is 10.9. The van der Waals surface area contributed by atoms with Crippen molar-refractivity contribution in [1.29, 1.82) is 0 Å². The van der Waals surface area contributed by atoms with Gasteiger partial charge in [-0.05, 0) is 30.9 Å². The number of alkyl halides is 2. The van der Waals surface area contributed by atoms with Crippen LogP contribution in [0.3, 0.4) is 0 Å². The number of anilines is 1. The molecular weight excluding hydrogens is 196 g/mol.